The van der Waals surface area contributed by atoms with E-state index in [1.54, 1.807) is 0 Å². The molecule has 2 rings (SSSR count). The molecule has 0 heterocycles. The first kappa shape index (κ1) is 14.0. The first-order valence-electron chi connectivity index (χ1n) is 6.82. The highest BCUT2D eigenvalue weighted by Crippen LogP contribution is 2.37. The number of nitrogens with one attached hydrogen (secondary N) is 1. The van der Waals surface area contributed by atoms with E-state index in [4.69, 9.17) is 0 Å². The second-order valence-electron chi connectivity index (χ2n) is 5.37. The fraction of sp³-hybridized carbons (Fsp3) is 0.600. The van der Waals surface area contributed by atoms with Gasteiger partial charge in [0.25, 0.3) is 0 Å². The summed E-state index contributed by atoms with van der Waals surface area (Å²) in [7, 11) is 0. The first-order chi connectivity index (χ1) is 8.65. The lowest BCUT2D eigenvalue weighted by atomic mass is 9.76. The van der Waals surface area contributed by atoms with Crippen LogP contribution in [-0.2, 0) is 0 Å². The molecular weight excluding hydrogens is 290 g/mol. The molecule has 0 amide bonds. The van der Waals surface area contributed by atoms with Gasteiger partial charge in [-0.05, 0) is 62.8 Å². The molecule has 1 saturated carbocycles. The Morgan fingerprint density at radius 1 is 1.44 bits per heavy atom. The van der Waals surface area contributed by atoms with Gasteiger partial charge in [-0.1, -0.05) is 28.1 Å². The summed E-state index contributed by atoms with van der Waals surface area (Å²) in [5, 5.41) is 12.7. The van der Waals surface area contributed by atoms with E-state index in [0.717, 1.165) is 25.3 Å². The zero-order valence-corrected chi connectivity index (χ0v) is 12.5. The number of benzene rings is 1. The molecule has 1 atom stereocenters. The van der Waals surface area contributed by atoms with Gasteiger partial charge in [0.2, 0.25) is 0 Å². The Balaban J connectivity index is 1.65. The van der Waals surface area contributed by atoms with Gasteiger partial charge in [-0.2, -0.15) is 0 Å². The van der Waals surface area contributed by atoms with Crippen LogP contribution >= 0.6 is 15.9 Å². The van der Waals surface area contributed by atoms with Crippen molar-refractivity contribution < 1.29 is 5.11 Å². The number of aliphatic hydroxyl groups excluding tert-OH is 1. The lowest BCUT2D eigenvalue weighted by Gasteiger charge is -2.36. The fourth-order valence-corrected chi connectivity index (χ4v) is 2.94. The Hall–Kier alpha value is -0.380. The highest BCUT2D eigenvalue weighted by Gasteiger charge is 2.29. The molecule has 0 spiro atoms. The topological polar surface area (TPSA) is 32.3 Å². The highest BCUT2D eigenvalue weighted by atomic mass is 79.9. The van der Waals surface area contributed by atoms with Crippen molar-refractivity contribution in [3.05, 3.63) is 34.3 Å². The Bertz CT molecular complexity index is 375. The van der Waals surface area contributed by atoms with E-state index in [-0.39, 0.29) is 6.10 Å². The Morgan fingerprint density at radius 3 is 2.89 bits per heavy atom. The SMILES string of the molecule is CC(O)CCCNC1CC(c2cccc(Br)c2)C1. The molecule has 0 radical (unpaired) electrons. The zero-order valence-electron chi connectivity index (χ0n) is 10.9. The summed E-state index contributed by atoms with van der Waals surface area (Å²) in [6, 6.07) is 9.31. The summed E-state index contributed by atoms with van der Waals surface area (Å²) in [4.78, 5) is 0. The van der Waals surface area contributed by atoms with Gasteiger partial charge in [-0.3, -0.25) is 0 Å². The normalized spacial score (nSPS) is 24.6. The minimum absolute atomic E-state index is 0.164. The largest absolute Gasteiger partial charge is 0.393 e. The minimum atomic E-state index is -0.164. The average Bonchev–Trinajstić information content (AvgIpc) is 2.25. The van der Waals surface area contributed by atoms with Crippen LogP contribution in [0.25, 0.3) is 0 Å². The maximum Gasteiger partial charge on any atom is 0.0512 e. The molecule has 18 heavy (non-hydrogen) atoms. The summed E-state index contributed by atoms with van der Waals surface area (Å²) >= 11 is 3.52. The number of halogens is 1. The Morgan fingerprint density at radius 2 is 2.22 bits per heavy atom. The number of hydrogen-bond acceptors (Lipinski definition) is 2. The van der Waals surface area contributed by atoms with E-state index in [2.05, 4.69) is 45.5 Å². The quantitative estimate of drug-likeness (QED) is 0.789. The predicted molar refractivity (Wildman–Crippen MR) is 78.8 cm³/mol. The van der Waals surface area contributed by atoms with Crippen LogP contribution in [0.2, 0.25) is 0 Å². The van der Waals surface area contributed by atoms with Gasteiger partial charge in [-0.15, -0.1) is 0 Å². The van der Waals surface area contributed by atoms with Gasteiger partial charge in [0.1, 0.15) is 0 Å². The van der Waals surface area contributed by atoms with E-state index in [1.807, 2.05) is 6.92 Å². The van der Waals surface area contributed by atoms with Gasteiger partial charge < -0.3 is 10.4 Å². The molecule has 0 aliphatic heterocycles. The molecule has 3 heteroatoms. The molecule has 1 unspecified atom stereocenters. The maximum atomic E-state index is 9.17. The molecule has 0 aromatic heterocycles. The van der Waals surface area contributed by atoms with Crippen LogP contribution in [0.15, 0.2) is 28.7 Å². The maximum absolute atomic E-state index is 9.17. The molecule has 1 aliphatic rings. The van der Waals surface area contributed by atoms with Crippen molar-refractivity contribution in [2.45, 2.75) is 50.7 Å². The van der Waals surface area contributed by atoms with Crippen molar-refractivity contribution in [2.75, 3.05) is 6.54 Å². The molecule has 1 fully saturated rings. The zero-order chi connectivity index (χ0) is 13.0. The van der Waals surface area contributed by atoms with Crippen molar-refractivity contribution in [3.63, 3.8) is 0 Å². The average molecular weight is 312 g/mol. The molecule has 100 valence electrons. The van der Waals surface area contributed by atoms with Gasteiger partial charge >= 0.3 is 0 Å². The number of rotatable bonds is 6. The van der Waals surface area contributed by atoms with Crippen LogP contribution < -0.4 is 5.32 Å². The molecule has 2 nitrogen and oxygen atoms in total. The standard InChI is InChI=1S/C15H22BrNO/c1-11(18)4-3-7-17-15-9-13(10-15)12-5-2-6-14(16)8-12/h2,5-6,8,11,13,15,17-18H,3-4,7,9-10H2,1H3. The van der Waals surface area contributed by atoms with E-state index >= 15 is 0 Å². The fourth-order valence-electron chi connectivity index (χ4n) is 2.52. The molecule has 0 saturated heterocycles. The van der Waals surface area contributed by atoms with Crippen molar-refractivity contribution in [1.82, 2.24) is 5.32 Å². The van der Waals surface area contributed by atoms with Crippen LogP contribution in [0.4, 0.5) is 0 Å². The van der Waals surface area contributed by atoms with Gasteiger partial charge in [0.05, 0.1) is 6.10 Å². The molecule has 0 bridgehead atoms. The van der Waals surface area contributed by atoms with Crippen LogP contribution in [0.3, 0.4) is 0 Å². The summed E-state index contributed by atoms with van der Waals surface area (Å²) in [6.45, 7) is 2.88. The summed E-state index contributed by atoms with van der Waals surface area (Å²) in [5.74, 6) is 0.719. The second-order valence-corrected chi connectivity index (χ2v) is 6.28. The first-order valence-corrected chi connectivity index (χ1v) is 7.61. The number of hydrogen-bond donors (Lipinski definition) is 2. The van der Waals surface area contributed by atoms with Gasteiger partial charge in [0, 0.05) is 10.5 Å². The third-order valence-corrected chi connectivity index (χ3v) is 4.18. The van der Waals surface area contributed by atoms with Crippen LogP contribution in [0.1, 0.15) is 44.1 Å². The van der Waals surface area contributed by atoms with Crippen molar-refractivity contribution in [3.8, 4) is 0 Å². The van der Waals surface area contributed by atoms with Crippen molar-refractivity contribution in [1.29, 1.82) is 0 Å². The summed E-state index contributed by atoms with van der Waals surface area (Å²) < 4.78 is 1.17. The molecule has 1 aromatic carbocycles. The third kappa shape index (κ3) is 4.08. The molecule has 2 N–H and O–H groups in total. The third-order valence-electron chi connectivity index (χ3n) is 3.69. The van der Waals surface area contributed by atoms with E-state index in [1.165, 1.54) is 22.9 Å². The monoisotopic (exact) mass is 311 g/mol. The Kier molecular flexibility index (Phi) is 5.22. The van der Waals surface area contributed by atoms with Gasteiger partial charge in [-0.25, -0.2) is 0 Å². The Labute approximate surface area is 118 Å². The highest BCUT2D eigenvalue weighted by molar-refractivity contribution is 9.10. The smallest absolute Gasteiger partial charge is 0.0512 e. The second kappa shape index (κ2) is 6.69. The van der Waals surface area contributed by atoms with Crippen LogP contribution in [-0.4, -0.2) is 23.8 Å². The molecule has 1 aromatic rings. The van der Waals surface area contributed by atoms with E-state index < -0.39 is 0 Å². The predicted octanol–water partition coefficient (Wildman–Crippen LogP) is 3.45. The summed E-state index contributed by atoms with van der Waals surface area (Å²) in [5.41, 5.74) is 1.45. The van der Waals surface area contributed by atoms with Crippen LogP contribution in [0, 0.1) is 0 Å². The van der Waals surface area contributed by atoms with Crippen LogP contribution in [0.5, 0.6) is 0 Å². The lowest BCUT2D eigenvalue weighted by Crippen LogP contribution is -2.40. The lowest BCUT2D eigenvalue weighted by molar-refractivity contribution is 0.179. The van der Waals surface area contributed by atoms with E-state index in [9.17, 15) is 5.11 Å². The van der Waals surface area contributed by atoms with E-state index in [0.29, 0.717) is 6.04 Å². The molecular formula is C15H22BrNO. The molecule has 1 aliphatic carbocycles. The van der Waals surface area contributed by atoms with Crippen molar-refractivity contribution in [2.24, 2.45) is 0 Å². The minimum Gasteiger partial charge on any atom is -0.393 e. The number of aliphatic hydroxyl groups is 1. The summed E-state index contributed by atoms with van der Waals surface area (Å²) in [6.07, 6.45) is 4.28. The van der Waals surface area contributed by atoms with Crippen molar-refractivity contribution >= 4 is 15.9 Å². The van der Waals surface area contributed by atoms with Gasteiger partial charge in [0.15, 0.2) is 0 Å².